The first kappa shape index (κ1) is 8.77. The molecule has 4 heteroatoms. The Hall–Kier alpha value is -0.510. The van der Waals surface area contributed by atoms with Gasteiger partial charge in [0.2, 0.25) is 5.92 Å². The summed E-state index contributed by atoms with van der Waals surface area (Å²) >= 11 is 1.64. The smallest absolute Gasteiger partial charge is 0.246 e. The molecule has 0 N–H and O–H groups in total. The van der Waals surface area contributed by atoms with Crippen LogP contribution in [0.2, 0.25) is 0 Å². The molecule has 2 aliphatic carbocycles. The van der Waals surface area contributed by atoms with Crippen molar-refractivity contribution in [2.75, 3.05) is 0 Å². The highest BCUT2D eigenvalue weighted by atomic mass is 32.1. The average Bonchev–Trinajstić information content (AvgIpc) is 2.80. The SMILES string of the molecule is FC1(F)CC(c2csc(C3CC3)n2)C1. The van der Waals surface area contributed by atoms with Crippen LogP contribution >= 0.6 is 11.3 Å². The molecule has 1 aromatic heterocycles. The predicted molar refractivity (Wildman–Crippen MR) is 51.0 cm³/mol. The van der Waals surface area contributed by atoms with Gasteiger partial charge in [0.1, 0.15) is 0 Å². The Morgan fingerprint density at radius 2 is 2.00 bits per heavy atom. The van der Waals surface area contributed by atoms with Crippen molar-refractivity contribution in [3.63, 3.8) is 0 Å². The van der Waals surface area contributed by atoms with E-state index in [4.69, 9.17) is 0 Å². The molecule has 1 nitrogen and oxygen atoms in total. The molecule has 14 heavy (non-hydrogen) atoms. The second-order valence-corrected chi connectivity index (χ2v) is 5.24. The van der Waals surface area contributed by atoms with Gasteiger partial charge in [-0.2, -0.15) is 0 Å². The minimum absolute atomic E-state index is 0.000833. The lowest BCUT2D eigenvalue weighted by atomic mass is 9.79. The third-order valence-corrected chi connectivity index (χ3v) is 4.00. The van der Waals surface area contributed by atoms with E-state index in [-0.39, 0.29) is 18.8 Å². The highest BCUT2D eigenvalue weighted by molar-refractivity contribution is 7.09. The van der Waals surface area contributed by atoms with E-state index in [9.17, 15) is 8.78 Å². The van der Waals surface area contributed by atoms with E-state index < -0.39 is 5.92 Å². The molecular formula is C10H11F2NS. The standard InChI is InChI=1S/C10H11F2NS/c11-10(12)3-7(4-10)8-5-14-9(13-8)6-1-2-6/h5-7H,1-4H2. The summed E-state index contributed by atoms with van der Waals surface area (Å²) < 4.78 is 25.3. The number of halogens is 2. The van der Waals surface area contributed by atoms with Crippen molar-refractivity contribution in [3.8, 4) is 0 Å². The summed E-state index contributed by atoms with van der Waals surface area (Å²) in [6, 6.07) is 0. The van der Waals surface area contributed by atoms with Crippen molar-refractivity contribution < 1.29 is 8.78 Å². The second-order valence-electron chi connectivity index (χ2n) is 4.35. The largest absolute Gasteiger partial charge is 0.249 e. The molecular weight excluding hydrogens is 204 g/mol. The molecule has 2 saturated carbocycles. The number of alkyl halides is 2. The highest BCUT2D eigenvalue weighted by Gasteiger charge is 2.47. The van der Waals surface area contributed by atoms with Gasteiger partial charge in [-0.15, -0.1) is 11.3 Å². The molecule has 1 aromatic rings. The van der Waals surface area contributed by atoms with Crippen LogP contribution in [0.3, 0.4) is 0 Å². The molecule has 0 spiro atoms. The van der Waals surface area contributed by atoms with Crippen molar-refractivity contribution in [2.24, 2.45) is 0 Å². The third kappa shape index (κ3) is 1.45. The summed E-state index contributed by atoms with van der Waals surface area (Å²) in [6.07, 6.45) is 2.46. The molecule has 0 bridgehead atoms. The van der Waals surface area contributed by atoms with E-state index in [2.05, 4.69) is 4.98 Å². The molecule has 0 amide bonds. The van der Waals surface area contributed by atoms with Gasteiger partial charge in [0.25, 0.3) is 0 Å². The molecule has 0 atom stereocenters. The maximum absolute atomic E-state index is 12.6. The second kappa shape index (κ2) is 2.75. The number of rotatable bonds is 2. The summed E-state index contributed by atoms with van der Waals surface area (Å²) in [5.74, 6) is -1.75. The first-order valence-electron chi connectivity index (χ1n) is 4.97. The van der Waals surface area contributed by atoms with Gasteiger partial charge < -0.3 is 0 Å². The van der Waals surface area contributed by atoms with Gasteiger partial charge in [0, 0.05) is 30.1 Å². The van der Waals surface area contributed by atoms with Crippen LogP contribution in [0.5, 0.6) is 0 Å². The molecule has 0 aromatic carbocycles. The first-order chi connectivity index (χ1) is 6.64. The Balaban J connectivity index is 1.72. The van der Waals surface area contributed by atoms with Crippen molar-refractivity contribution in [1.29, 1.82) is 0 Å². The Bertz CT molecular complexity index is 349. The van der Waals surface area contributed by atoms with Gasteiger partial charge >= 0.3 is 0 Å². The zero-order chi connectivity index (χ0) is 9.76. The maximum atomic E-state index is 12.6. The number of thiazole rings is 1. The van der Waals surface area contributed by atoms with Crippen LogP contribution in [0, 0.1) is 0 Å². The highest BCUT2D eigenvalue weighted by Crippen LogP contribution is 2.49. The van der Waals surface area contributed by atoms with Crippen molar-refractivity contribution >= 4 is 11.3 Å². The lowest BCUT2D eigenvalue weighted by Crippen LogP contribution is -2.33. The monoisotopic (exact) mass is 215 g/mol. The van der Waals surface area contributed by atoms with E-state index in [1.165, 1.54) is 12.8 Å². The fraction of sp³-hybridized carbons (Fsp3) is 0.700. The minimum atomic E-state index is -2.42. The molecule has 2 fully saturated rings. The van der Waals surface area contributed by atoms with E-state index >= 15 is 0 Å². The molecule has 1 heterocycles. The van der Waals surface area contributed by atoms with E-state index in [0.29, 0.717) is 5.92 Å². The van der Waals surface area contributed by atoms with Crippen molar-refractivity contribution in [3.05, 3.63) is 16.1 Å². The molecule has 0 radical (unpaired) electrons. The molecule has 76 valence electrons. The first-order valence-corrected chi connectivity index (χ1v) is 5.85. The van der Waals surface area contributed by atoms with Gasteiger partial charge in [-0.1, -0.05) is 0 Å². The lowest BCUT2D eigenvalue weighted by Gasteiger charge is -2.33. The topological polar surface area (TPSA) is 12.9 Å². The number of nitrogens with zero attached hydrogens (tertiary/aromatic N) is 1. The predicted octanol–water partition coefficient (Wildman–Crippen LogP) is 3.53. The van der Waals surface area contributed by atoms with Gasteiger partial charge in [0.15, 0.2) is 0 Å². The Labute approximate surface area is 85.2 Å². The normalized spacial score (nSPS) is 26.1. The van der Waals surface area contributed by atoms with Crippen LogP contribution in [-0.4, -0.2) is 10.9 Å². The quantitative estimate of drug-likeness (QED) is 0.735. The maximum Gasteiger partial charge on any atom is 0.249 e. The van der Waals surface area contributed by atoms with Crippen LogP contribution in [0.4, 0.5) is 8.78 Å². The summed E-state index contributed by atoms with van der Waals surface area (Å²) in [6.45, 7) is 0. The Morgan fingerprint density at radius 1 is 1.29 bits per heavy atom. The van der Waals surface area contributed by atoms with Crippen LogP contribution < -0.4 is 0 Å². The zero-order valence-corrected chi connectivity index (χ0v) is 8.49. The Morgan fingerprint density at radius 3 is 2.57 bits per heavy atom. The molecule has 0 aliphatic heterocycles. The average molecular weight is 215 g/mol. The summed E-state index contributed by atoms with van der Waals surface area (Å²) in [7, 11) is 0. The number of aromatic nitrogens is 1. The number of hydrogen-bond acceptors (Lipinski definition) is 2. The van der Waals surface area contributed by atoms with Crippen LogP contribution in [0.25, 0.3) is 0 Å². The van der Waals surface area contributed by atoms with Gasteiger partial charge in [-0.3, -0.25) is 0 Å². The van der Waals surface area contributed by atoms with Crippen LogP contribution in [0.15, 0.2) is 5.38 Å². The van der Waals surface area contributed by atoms with E-state index in [0.717, 1.165) is 10.7 Å². The van der Waals surface area contributed by atoms with Gasteiger partial charge in [-0.25, -0.2) is 13.8 Å². The molecule has 0 unspecified atom stereocenters. The Kier molecular flexibility index (Phi) is 1.72. The minimum Gasteiger partial charge on any atom is -0.246 e. The van der Waals surface area contributed by atoms with Crippen molar-refractivity contribution in [2.45, 2.75) is 43.4 Å². The number of hydrogen-bond donors (Lipinski definition) is 0. The molecule has 0 saturated heterocycles. The van der Waals surface area contributed by atoms with E-state index in [1.807, 2.05) is 5.38 Å². The van der Waals surface area contributed by atoms with Crippen molar-refractivity contribution in [1.82, 2.24) is 4.98 Å². The molecule has 3 rings (SSSR count). The molecule has 2 aliphatic rings. The summed E-state index contributed by atoms with van der Waals surface area (Å²) in [5.41, 5.74) is 0.905. The lowest BCUT2D eigenvalue weighted by molar-refractivity contribution is -0.0875. The zero-order valence-electron chi connectivity index (χ0n) is 7.67. The third-order valence-electron chi connectivity index (χ3n) is 2.97. The van der Waals surface area contributed by atoms with Crippen LogP contribution in [0.1, 0.15) is 48.2 Å². The van der Waals surface area contributed by atoms with Gasteiger partial charge in [-0.05, 0) is 12.8 Å². The summed E-state index contributed by atoms with van der Waals surface area (Å²) in [4.78, 5) is 4.44. The van der Waals surface area contributed by atoms with E-state index in [1.54, 1.807) is 11.3 Å². The summed E-state index contributed by atoms with van der Waals surface area (Å²) in [5, 5.41) is 3.13. The fourth-order valence-corrected chi connectivity index (χ4v) is 2.95. The van der Waals surface area contributed by atoms with Crippen LogP contribution in [-0.2, 0) is 0 Å². The fourth-order valence-electron chi connectivity index (χ4n) is 1.88. The van der Waals surface area contributed by atoms with Gasteiger partial charge in [0.05, 0.1) is 10.7 Å².